The number of alkyl halides is 3. The third kappa shape index (κ3) is 3.53. The Morgan fingerprint density at radius 3 is 2.36 bits per heavy atom. The number of rotatable bonds is 3. The average Bonchev–Trinajstić information content (AvgIpc) is 3.31. The number of halogens is 3. The molecule has 0 amide bonds. The van der Waals surface area contributed by atoms with Gasteiger partial charge in [-0.1, -0.05) is 0 Å². The van der Waals surface area contributed by atoms with Gasteiger partial charge in [-0.05, 0) is 25.8 Å². The smallest absolute Gasteiger partial charge is 0.343 e. The maximum Gasteiger partial charge on any atom is 0.433 e. The molecule has 1 aliphatic heterocycles. The Morgan fingerprint density at radius 2 is 1.72 bits per heavy atom. The van der Waals surface area contributed by atoms with Crippen LogP contribution in [0.3, 0.4) is 0 Å². The van der Waals surface area contributed by atoms with Crippen LogP contribution in [0.2, 0.25) is 0 Å². The molecule has 134 valence electrons. The average molecular weight is 370 g/mol. The monoisotopic (exact) mass is 370 g/mol. The fourth-order valence-electron chi connectivity index (χ4n) is 2.80. The Labute approximate surface area is 146 Å². The van der Waals surface area contributed by atoms with E-state index < -0.39 is 11.9 Å². The van der Waals surface area contributed by atoms with Crippen LogP contribution in [0.5, 0.6) is 0 Å². The second-order valence-electron chi connectivity index (χ2n) is 6.38. The van der Waals surface area contributed by atoms with Crippen LogP contribution < -0.4 is 9.80 Å². The SMILES string of the molecule is Cc1cc(C(F)(F)F)nc(N2CCN(c3nc(C4CC4)ns3)CC2)n1. The Bertz CT molecular complexity index is 765. The number of hydrogen-bond donors (Lipinski definition) is 0. The lowest BCUT2D eigenvalue weighted by Gasteiger charge is -2.34. The van der Waals surface area contributed by atoms with Crippen molar-refractivity contribution in [3.63, 3.8) is 0 Å². The molecule has 2 aromatic heterocycles. The van der Waals surface area contributed by atoms with Crippen LogP contribution in [-0.4, -0.2) is 45.5 Å². The fraction of sp³-hybridized carbons (Fsp3) is 0.600. The zero-order chi connectivity index (χ0) is 17.6. The van der Waals surface area contributed by atoms with Crippen molar-refractivity contribution < 1.29 is 13.2 Å². The summed E-state index contributed by atoms with van der Waals surface area (Å²) in [6, 6.07) is 0.973. The second-order valence-corrected chi connectivity index (χ2v) is 7.11. The van der Waals surface area contributed by atoms with Gasteiger partial charge in [0.25, 0.3) is 0 Å². The van der Waals surface area contributed by atoms with Crippen LogP contribution in [0.15, 0.2) is 6.07 Å². The molecule has 1 aliphatic carbocycles. The van der Waals surface area contributed by atoms with E-state index in [0.29, 0.717) is 37.8 Å². The van der Waals surface area contributed by atoms with Crippen LogP contribution >= 0.6 is 11.5 Å². The number of nitrogens with zero attached hydrogens (tertiary/aromatic N) is 6. The maximum absolute atomic E-state index is 12.9. The molecule has 2 aliphatic rings. The van der Waals surface area contributed by atoms with E-state index in [2.05, 4.69) is 24.2 Å². The van der Waals surface area contributed by atoms with Gasteiger partial charge >= 0.3 is 6.18 Å². The predicted molar refractivity (Wildman–Crippen MR) is 88.1 cm³/mol. The first-order chi connectivity index (χ1) is 11.9. The van der Waals surface area contributed by atoms with Gasteiger partial charge in [-0.3, -0.25) is 0 Å². The van der Waals surface area contributed by atoms with Crippen LogP contribution in [0.25, 0.3) is 0 Å². The van der Waals surface area contributed by atoms with Crippen molar-refractivity contribution in [1.29, 1.82) is 0 Å². The predicted octanol–water partition coefficient (Wildman–Crippen LogP) is 2.86. The summed E-state index contributed by atoms with van der Waals surface area (Å²) >= 11 is 1.40. The van der Waals surface area contributed by atoms with Gasteiger partial charge in [0.15, 0.2) is 0 Å². The summed E-state index contributed by atoms with van der Waals surface area (Å²) in [6.45, 7) is 3.99. The Kier molecular flexibility index (Phi) is 4.01. The lowest BCUT2D eigenvalue weighted by atomic mass is 10.3. The van der Waals surface area contributed by atoms with Crippen LogP contribution in [0, 0.1) is 6.92 Å². The summed E-state index contributed by atoms with van der Waals surface area (Å²) in [5.74, 6) is 1.59. The van der Waals surface area contributed by atoms with Gasteiger partial charge in [-0.25, -0.2) is 15.0 Å². The summed E-state index contributed by atoms with van der Waals surface area (Å²) in [5, 5.41) is 0.891. The summed E-state index contributed by atoms with van der Waals surface area (Å²) < 4.78 is 43.2. The molecule has 0 spiro atoms. The third-order valence-electron chi connectivity index (χ3n) is 4.34. The quantitative estimate of drug-likeness (QED) is 0.828. The van der Waals surface area contributed by atoms with E-state index >= 15 is 0 Å². The first kappa shape index (κ1) is 16.5. The van der Waals surface area contributed by atoms with E-state index in [1.165, 1.54) is 11.5 Å². The summed E-state index contributed by atoms with van der Waals surface area (Å²) in [4.78, 5) is 16.4. The Hall–Kier alpha value is -1.97. The minimum Gasteiger partial charge on any atom is -0.343 e. The van der Waals surface area contributed by atoms with Crippen LogP contribution in [-0.2, 0) is 6.18 Å². The van der Waals surface area contributed by atoms with Gasteiger partial charge in [-0.2, -0.15) is 17.5 Å². The summed E-state index contributed by atoms with van der Waals surface area (Å²) in [7, 11) is 0. The van der Waals surface area contributed by atoms with Crippen molar-refractivity contribution in [2.24, 2.45) is 0 Å². The normalized spacial score (nSPS) is 18.7. The molecule has 0 aromatic carbocycles. The van der Waals surface area contributed by atoms with Crippen molar-refractivity contribution in [1.82, 2.24) is 19.3 Å². The van der Waals surface area contributed by atoms with Crippen molar-refractivity contribution in [3.05, 3.63) is 23.3 Å². The topological polar surface area (TPSA) is 58.0 Å². The minimum atomic E-state index is -4.46. The zero-order valence-electron chi connectivity index (χ0n) is 13.6. The first-order valence-electron chi connectivity index (χ1n) is 8.16. The molecule has 4 rings (SSSR count). The number of aryl methyl sites for hydroxylation is 1. The highest BCUT2D eigenvalue weighted by molar-refractivity contribution is 7.09. The molecule has 0 unspecified atom stereocenters. The molecule has 0 atom stereocenters. The second kappa shape index (κ2) is 6.08. The molecule has 1 saturated heterocycles. The molecule has 2 fully saturated rings. The van der Waals surface area contributed by atoms with E-state index in [9.17, 15) is 13.2 Å². The Morgan fingerprint density at radius 1 is 1.04 bits per heavy atom. The van der Waals surface area contributed by atoms with Crippen molar-refractivity contribution >= 4 is 22.6 Å². The van der Waals surface area contributed by atoms with Crippen molar-refractivity contribution in [2.75, 3.05) is 36.0 Å². The molecule has 1 saturated carbocycles. The highest BCUT2D eigenvalue weighted by Gasteiger charge is 2.34. The fourth-order valence-corrected chi connectivity index (χ4v) is 3.60. The largest absolute Gasteiger partial charge is 0.433 e. The number of aromatic nitrogens is 4. The molecule has 3 heterocycles. The molecule has 0 N–H and O–H groups in total. The van der Waals surface area contributed by atoms with Gasteiger partial charge in [0.2, 0.25) is 11.1 Å². The zero-order valence-corrected chi connectivity index (χ0v) is 14.4. The molecular formula is C15H17F3N6S. The number of piperazine rings is 1. The summed E-state index contributed by atoms with van der Waals surface area (Å²) in [6.07, 6.45) is -2.14. The first-order valence-corrected chi connectivity index (χ1v) is 8.94. The van der Waals surface area contributed by atoms with Crippen LogP contribution in [0.4, 0.5) is 24.3 Å². The van der Waals surface area contributed by atoms with E-state index in [1.54, 1.807) is 11.8 Å². The van der Waals surface area contributed by atoms with Crippen LogP contribution in [0.1, 0.15) is 36.0 Å². The lowest BCUT2D eigenvalue weighted by molar-refractivity contribution is -0.141. The highest BCUT2D eigenvalue weighted by atomic mass is 32.1. The third-order valence-corrected chi connectivity index (χ3v) is 5.13. The maximum atomic E-state index is 12.9. The molecule has 6 nitrogen and oxygen atoms in total. The van der Waals surface area contributed by atoms with Gasteiger partial charge in [-0.15, -0.1) is 0 Å². The highest BCUT2D eigenvalue weighted by Crippen LogP contribution is 2.39. The van der Waals surface area contributed by atoms with E-state index in [1.807, 2.05) is 0 Å². The lowest BCUT2D eigenvalue weighted by Crippen LogP contribution is -2.47. The van der Waals surface area contributed by atoms with E-state index in [4.69, 9.17) is 0 Å². The molecule has 10 heteroatoms. The number of hydrogen-bond acceptors (Lipinski definition) is 7. The summed E-state index contributed by atoms with van der Waals surface area (Å²) in [5.41, 5.74) is -0.575. The molecule has 0 radical (unpaired) electrons. The molecule has 0 bridgehead atoms. The van der Waals surface area contributed by atoms with Crippen molar-refractivity contribution in [2.45, 2.75) is 31.9 Å². The molecule has 2 aromatic rings. The van der Waals surface area contributed by atoms with E-state index in [-0.39, 0.29) is 5.95 Å². The van der Waals surface area contributed by atoms with Gasteiger partial charge < -0.3 is 9.80 Å². The molecule has 25 heavy (non-hydrogen) atoms. The van der Waals surface area contributed by atoms with Gasteiger partial charge in [0.05, 0.1) is 0 Å². The standard InChI is InChI=1S/C15H17F3N6S/c1-9-8-11(15(16,17)18)20-13(19-9)23-4-6-24(7-5-23)14-21-12(22-25-14)10-2-3-10/h8,10H,2-7H2,1H3. The van der Waals surface area contributed by atoms with Gasteiger partial charge in [0.1, 0.15) is 11.5 Å². The van der Waals surface area contributed by atoms with E-state index in [0.717, 1.165) is 29.9 Å². The Balaban J connectivity index is 1.45. The molecular weight excluding hydrogens is 353 g/mol. The minimum absolute atomic E-state index is 0.142. The van der Waals surface area contributed by atoms with Gasteiger partial charge in [0, 0.05) is 49.3 Å². The van der Waals surface area contributed by atoms with Crippen molar-refractivity contribution in [3.8, 4) is 0 Å². The number of anilines is 2.